The van der Waals surface area contributed by atoms with Crippen molar-refractivity contribution >= 4 is 35.1 Å². The Morgan fingerprint density at radius 2 is 1.60 bits per heavy atom. The number of benzene rings is 1. The van der Waals surface area contributed by atoms with E-state index >= 15 is 0 Å². The summed E-state index contributed by atoms with van der Waals surface area (Å²) in [5, 5.41) is 0.160. The average molecular weight is 409 g/mol. The largest absolute Gasteiger partial charge is 0.459 e. The predicted octanol–water partition coefficient (Wildman–Crippen LogP) is 4.81. The Morgan fingerprint density at radius 3 is 2.20 bits per heavy atom. The molecule has 0 aliphatic carbocycles. The van der Waals surface area contributed by atoms with Crippen molar-refractivity contribution in [1.29, 1.82) is 0 Å². The van der Waals surface area contributed by atoms with Crippen molar-refractivity contribution in [2.75, 3.05) is 6.61 Å². The minimum absolute atomic E-state index is 0.00584. The van der Waals surface area contributed by atoms with Crippen molar-refractivity contribution in [2.24, 2.45) is 0 Å². The van der Waals surface area contributed by atoms with Crippen molar-refractivity contribution in [2.45, 2.75) is 31.4 Å². The molecule has 0 unspecified atom stereocenters. The summed E-state index contributed by atoms with van der Waals surface area (Å²) in [7, 11) is 0. The van der Waals surface area contributed by atoms with Gasteiger partial charge in [0.2, 0.25) is 0 Å². The van der Waals surface area contributed by atoms with Gasteiger partial charge in [-0.25, -0.2) is 0 Å². The van der Waals surface area contributed by atoms with Crippen molar-refractivity contribution in [3.05, 3.63) is 28.2 Å². The molecule has 0 spiro atoms. The summed E-state index contributed by atoms with van der Waals surface area (Å²) >= 11 is 11.5. The van der Waals surface area contributed by atoms with E-state index in [-0.39, 0.29) is 28.6 Å². The molecule has 140 valence electrons. The Bertz CT molecular complexity index is 634. The fraction of sp³-hybridized carbons (Fsp3) is 0.429. The molecular weight excluding hydrogens is 398 g/mol. The number of carbonyl (C=O) groups is 2. The number of hydrogen-bond donors (Lipinski definition) is 0. The zero-order valence-electron chi connectivity index (χ0n) is 12.3. The lowest BCUT2D eigenvalue weighted by Gasteiger charge is -2.19. The van der Waals surface area contributed by atoms with E-state index in [2.05, 4.69) is 4.74 Å². The number of halogens is 7. The molecule has 1 rings (SSSR count). The molecule has 0 radical (unpaired) electrons. The van der Waals surface area contributed by atoms with Gasteiger partial charge in [0, 0.05) is 12.8 Å². The van der Waals surface area contributed by atoms with Gasteiger partial charge in [-0.15, -0.1) is 0 Å². The molecule has 0 aromatic heterocycles. The van der Waals surface area contributed by atoms with Crippen LogP contribution in [0.15, 0.2) is 18.2 Å². The lowest BCUT2D eigenvalue weighted by molar-refractivity contribution is -0.294. The summed E-state index contributed by atoms with van der Waals surface area (Å²) in [4.78, 5) is 22.7. The van der Waals surface area contributed by atoms with Crippen LogP contribution in [-0.2, 0) is 14.3 Å². The van der Waals surface area contributed by atoms with E-state index in [0.29, 0.717) is 0 Å². The van der Waals surface area contributed by atoms with Gasteiger partial charge in [0.1, 0.15) is 5.02 Å². The van der Waals surface area contributed by atoms with Gasteiger partial charge < -0.3 is 9.47 Å². The second-order valence-electron chi connectivity index (χ2n) is 4.74. The van der Waals surface area contributed by atoms with Gasteiger partial charge in [0.25, 0.3) is 0 Å². The van der Waals surface area contributed by atoms with Gasteiger partial charge in [0.05, 0.1) is 5.02 Å². The summed E-state index contributed by atoms with van der Waals surface area (Å²) in [6, 6.07) is 4.32. The van der Waals surface area contributed by atoms with Crippen molar-refractivity contribution < 1.29 is 41.0 Å². The summed E-state index contributed by atoms with van der Waals surface area (Å²) in [5.74, 6) is -7.23. The molecular formula is C14H11Cl2F5O4. The maximum atomic E-state index is 12.6. The number of hydrogen-bond acceptors (Lipinski definition) is 4. The number of carbonyl (C=O) groups excluding carboxylic acids is 2. The molecule has 0 amide bonds. The quantitative estimate of drug-likeness (QED) is 0.369. The third kappa shape index (κ3) is 6.66. The molecule has 1 aromatic rings. The fourth-order valence-corrected chi connectivity index (χ4v) is 1.77. The minimum atomic E-state index is -5.81. The normalized spacial score (nSPS) is 12.0. The monoisotopic (exact) mass is 408 g/mol. The molecule has 4 nitrogen and oxygen atoms in total. The first-order valence-electron chi connectivity index (χ1n) is 6.69. The maximum absolute atomic E-state index is 12.6. The highest BCUT2D eigenvalue weighted by atomic mass is 35.5. The van der Waals surface area contributed by atoms with Crippen LogP contribution >= 0.6 is 23.2 Å². The molecule has 0 atom stereocenters. The predicted molar refractivity (Wildman–Crippen MR) is 77.9 cm³/mol. The lowest BCUT2D eigenvalue weighted by atomic mass is 10.2. The SMILES string of the molecule is O=C(CCCC(=O)Oc1cccc(Cl)c1Cl)OCC(F)(F)C(F)(F)F. The molecule has 0 N–H and O–H groups in total. The van der Waals surface area contributed by atoms with Gasteiger partial charge in [-0.05, 0) is 18.6 Å². The zero-order chi connectivity index (χ0) is 19.3. The number of alkyl halides is 5. The Morgan fingerprint density at radius 1 is 1.00 bits per heavy atom. The highest BCUT2D eigenvalue weighted by Crippen LogP contribution is 2.35. The molecule has 0 aliphatic heterocycles. The third-order valence-electron chi connectivity index (χ3n) is 2.73. The number of rotatable bonds is 7. The number of ether oxygens (including phenoxy) is 2. The molecule has 0 bridgehead atoms. The van der Waals surface area contributed by atoms with E-state index in [1.54, 1.807) is 0 Å². The van der Waals surface area contributed by atoms with Crippen LogP contribution in [0.1, 0.15) is 19.3 Å². The van der Waals surface area contributed by atoms with Gasteiger partial charge in [0.15, 0.2) is 12.4 Å². The molecule has 0 saturated carbocycles. The second kappa shape index (κ2) is 8.66. The Balaban J connectivity index is 2.36. The van der Waals surface area contributed by atoms with Gasteiger partial charge in [-0.3, -0.25) is 9.59 Å². The highest BCUT2D eigenvalue weighted by molar-refractivity contribution is 6.43. The van der Waals surface area contributed by atoms with E-state index in [1.807, 2.05) is 0 Å². The smallest absolute Gasteiger partial charge is 0.456 e. The molecule has 0 saturated heterocycles. The molecule has 11 heteroatoms. The van der Waals surface area contributed by atoms with E-state index in [4.69, 9.17) is 27.9 Å². The van der Waals surface area contributed by atoms with E-state index in [1.165, 1.54) is 18.2 Å². The third-order valence-corrected chi connectivity index (χ3v) is 3.53. The summed E-state index contributed by atoms with van der Waals surface area (Å²) < 4.78 is 69.5. The Labute approximate surface area is 148 Å². The first-order chi connectivity index (χ1) is 11.4. The Kier molecular flexibility index (Phi) is 7.43. The van der Waals surface area contributed by atoms with E-state index in [9.17, 15) is 31.5 Å². The topological polar surface area (TPSA) is 52.6 Å². The van der Waals surface area contributed by atoms with Gasteiger partial charge >= 0.3 is 24.0 Å². The first-order valence-corrected chi connectivity index (χ1v) is 7.44. The Hall–Kier alpha value is -1.61. The summed E-state index contributed by atoms with van der Waals surface area (Å²) in [5.41, 5.74) is 0. The van der Waals surface area contributed by atoms with Gasteiger partial charge in [-0.2, -0.15) is 22.0 Å². The summed E-state index contributed by atoms with van der Waals surface area (Å²) in [6.45, 7) is -2.11. The molecule has 1 aromatic carbocycles. The van der Waals surface area contributed by atoms with Crippen LogP contribution < -0.4 is 4.74 Å². The lowest BCUT2D eigenvalue weighted by Crippen LogP contribution is -2.41. The highest BCUT2D eigenvalue weighted by Gasteiger charge is 2.58. The van der Waals surface area contributed by atoms with Crippen molar-refractivity contribution in [3.8, 4) is 5.75 Å². The zero-order valence-corrected chi connectivity index (χ0v) is 13.9. The molecule has 25 heavy (non-hydrogen) atoms. The van der Waals surface area contributed by atoms with Crippen LogP contribution in [0.3, 0.4) is 0 Å². The van der Waals surface area contributed by atoms with Gasteiger partial charge in [-0.1, -0.05) is 29.3 Å². The van der Waals surface area contributed by atoms with Crippen LogP contribution in [0.25, 0.3) is 0 Å². The van der Waals surface area contributed by atoms with Crippen molar-refractivity contribution in [3.63, 3.8) is 0 Å². The molecule has 0 heterocycles. The molecule has 0 fully saturated rings. The van der Waals surface area contributed by atoms with Crippen LogP contribution in [0.2, 0.25) is 10.0 Å². The van der Waals surface area contributed by atoms with Crippen LogP contribution in [0.5, 0.6) is 5.75 Å². The average Bonchev–Trinajstić information content (AvgIpc) is 2.49. The van der Waals surface area contributed by atoms with Crippen LogP contribution in [-0.4, -0.2) is 30.6 Å². The van der Waals surface area contributed by atoms with E-state index in [0.717, 1.165) is 0 Å². The van der Waals surface area contributed by atoms with Crippen molar-refractivity contribution in [1.82, 2.24) is 0 Å². The van der Waals surface area contributed by atoms with Crippen LogP contribution in [0.4, 0.5) is 22.0 Å². The second-order valence-corrected chi connectivity index (χ2v) is 5.53. The first kappa shape index (κ1) is 21.4. The standard InChI is InChI=1S/C14H11Cl2F5O4/c15-8-3-1-4-9(12(8)16)25-11(23)6-2-5-10(22)24-7-13(17,18)14(19,20)21/h1,3-4H,2,5-7H2. The number of esters is 2. The maximum Gasteiger partial charge on any atom is 0.456 e. The molecule has 0 aliphatic rings. The van der Waals surface area contributed by atoms with E-state index < -0.39 is 37.1 Å². The minimum Gasteiger partial charge on any atom is -0.459 e. The summed E-state index contributed by atoms with van der Waals surface area (Å²) in [6.07, 6.45) is -6.83. The van der Waals surface area contributed by atoms with Crippen LogP contribution in [0, 0.1) is 0 Å². The fourth-order valence-electron chi connectivity index (χ4n) is 1.44.